The predicted molar refractivity (Wildman–Crippen MR) is 74.2 cm³/mol. The van der Waals surface area contributed by atoms with Crippen molar-refractivity contribution in [3.05, 3.63) is 16.7 Å². The van der Waals surface area contributed by atoms with Gasteiger partial charge in [-0.15, -0.1) is 0 Å². The number of hydrogen-bond donors (Lipinski definition) is 0. The van der Waals surface area contributed by atoms with Crippen molar-refractivity contribution in [2.75, 3.05) is 11.5 Å². The van der Waals surface area contributed by atoms with Crippen LogP contribution in [0.3, 0.4) is 0 Å². The number of hydrogen-bond acceptors (Lipinski definition) is 2. The smallest absolute Gasteiger partial charge is 0.150 e. The highest BCUT2D eigenvalue weighted by Crippen LogP contribution is 2.38. The fourth-order valence-electron chi connectivity index (χ4n) is 3.12. The van der Waals surface area contributed by atoms with E-state index in [0.29, 0.717) is 11.8 Å². The third-order valence-corrected chi connectivity index (χ3v) is 5.39. The van der Waals surface area contributed by atoms with Crippen molar-refractivity contribution in [3.63, 3.8) is 0 Å². The first kappa shape index (κ1) is 11.9. The molecule has 1 atom stereocenters. The summed E-state index contributed by atoms with van der Waals surface area (Å²) >= 11 is 8.41. The molecule has 0 aliphatic carbocycles. The minimum Gasteiger partial charge on any atom is -0.330 e. The first-order chi connectivity index (χ1) is 8.27. The molecule has 1 saturated heterocycles. The Morgan fingerprint density at radius 3 is 2.82 bits per heavy atom. The van der Waals surface area contributed by atoms with Crippen LogP contribution >= 0.6 is 23.4 Å². The molecule has 0 bridgehead atoms. The highest BCUT2D eigenvalue weighted by Gasteiger charge is 2.28. The minimum absolute atomic E-state index is 0.579. The number of rotatable bonds is 1. The third-order valence-electron chi connectivity index (χ3n) is 4.06. The molecule has 2 aliphatic heterocycles. The molecule has 3 heterocycles. The molecule has 2 aliphatic rings. The van der Waals surface area contributed by atoms with Crippen LogP contribution in [0.1, 0.15) is 56.0 Å². The van der Waals surface area contributed by atoms with Crippen molar-refractivity contribution in [1.29, 1.82) is 0 Å². The number of nitrogens with zero attached hydrogens (tertiary/aromatic N) is 2. The second-order valence-corrected chi connectivity index (χ2v) is 6.81. The highest BCUT2D eigenvalue weighted by molar-refractivity contribution is 7.99. The first-order valence-corrected chi connectivity index (χ1v) is 8.14. The van der Waals surface area contributed by atoms with E-state index in [4.69, 9.17) is 11.6 Å². The molecular weight excluding hydrogens is 252 g/mol. The molecular formula is C13H19ClN2S. The Morgan fingerprint density at radius 1 is 1.29 bits per heavy atom. The van der Waals surface area contributed by atoms with Crippen LogP contribution < -0.4 is 0 Å². The maximum Gasteiger partial charge on any atom is 0.150 e. The van der Waals surface area contributed by atoms with Crippen LogP contribution in [0.25, 0.3) is 0 Å². The summed E-state index contributed by atoms with van der Waals surface area (Å²) in [6.45, 7) is 3.40. The van der Waals surface area contributed by atoms with Crippen molar-refractivity contribution < 1.29 is 0 Å². The fourth-order valence-corrected chi connectivity index (χ4v) is 4.60. The molecule has 0 N–H and O–H groups in total. The Bertz CT molecular complexity index is 410. The molecule has 2 nitrogen and oxygen atoms in total. The van der Waals surface area contributed by atoms with Gasteiger partial charge in [0, 0.05) is 12.5 Å². The van der Waals surface area contributed by atoms with E-state index >= 15 is 0 Å². The van der Waals surface area contributed by atoms with Gasteiger partial charge in [0.15, 0.2) is 5.15 Å². The van der Waals surface area contributed by atoms with E-state index in [1.54, 1.807) is 0 Å². The normalized spacial score (nSPS) is 25.9. The molecule has 0 amide bonds. The van der Waals surface area contributed by atoms with Gasteiger partial charge in [-0.05, 0) is 43.1 Å². The molecule has 0 aromatic carbocycles. The van der Waals surface area contributed by atoms with Crippen molar-refractivity contribution in [3.8, 4) is 0 Å². The quantitative estimate of drug-likeness (QED) is 0.766. The summed E-state index contributed by atoms with van der Waals surface area (Å²) in [5.74, 6) is 5.06. The van der Waals surface area contributed by atoms with Crippen molar-refractivity contribution in [2.24, 2.45) is 0 Å². The topological polar surface area (TPSA) is 17.8 Å². The van der Waals surface area contributed by atoms with E-state index in [1.165, 1.54) is 48.7 Å². The predicted octanol–water partition coefficient (Wildman–Crippen LogP) is 4.04. The Morgan fingerprint density at radius 2 is 2.06 bits per heavy atom. The van der Waals surface area contributed by atoms with Gasteiger partial charge >= 0.3 is 0 Å². The first-order valence-electron chi connectivity index (χ1n) is 6.61. The van der Waals surface area contributed by atoms with E-state index in [1.807, 2.05) is 0 Å². The van der Waals surface area contributed by atoms with Crippen LogP contribution in [-0.2, 0) is 6.54 Å². The summed E-state index contributed by atoms with van der Waals surface area (Å²) in [6, 6.07) is 0. The summed E-state index contributed by atoms with van der Waals surface area (Å²) in [4.78, 5) is 4.69. The lowest BCUT2D eigenvalue weighted by Crippen LogP contribution is -2.19. The highest BCUT2D eigenvalue weighted by atomic mass is 35.5. The van der Waals surface area contributed by atoms with Crippen molar-refractivity contribution >= 4 is 23.4 Å². The van der Waals surface area contributed by atoms with E-state index in [9.17, 15) is 0 Å². The van der Waals surface area contributed by atoms with Crippen LogP contribution in [0.15, 0.2) is 0 Å². The summed E-state index contributed by atoms with van der Waals surface area (Å²) < 4.78 is 2.43. The van der Waals surface area contributed by atoms with Crippen LogP contribution in [-0.4, -0.2) is 21.1 Å². The number of thioether (sulfide) groups is 1. The molecule has 17 heavy (non-hydrogen) atoms. The zero-order valence-electron chi connectivity index (χ0n) is 10.3. The van der Waals surface area contributed by atoms with Gasteiger partial charge in [0.2, 0.25) is 0 Å². The molecule has 3 rings (SSSR count). The van der Waals surface area contributed by atoms with E-state index in [0.717, 1.165) is 11.7 Å². The summed E-state index contributed by atoms with van der Waals surface area (Å²) in [5, 5.41) is 0.769. The Balaban J connectivity index is 1.97. The number of halogens is 1. The maximum atomic E-state index is 6.34. The molecule has 1 aromatic rings. The summed E-state index contributed by atoms with van der Waals surface area (Å²) in [7, 11) is 0. The molecule has 1 fully saturated rings. The van der Waals surface area contributed by atoms with Gasteiger partial charge < -0.3 is 4.57 Å². The molecule has 0 saturated carbocycles. The molecule has 1 unspecified atom stereocenters. The van der Waals surface area contributed by atoms with Gasteiger partial charge in [0.1, 0.15) is 5.82 Å². The molecule has 1 aromatic heterocycles. The zero-order chi connectivity index (χ0) is 11.8. The van der Waals surface area contributed by atoms with E-state index in [2.05, 4.69) is 28.2 Å². The lowest BCUT2D eigenvalue weighted by molar-refractivity contribution is 0.444. The van der Waals surface area contributed by atoms with Crippen LogP contribution in [0.5, 0.6) is 0 Å². The molecule has 0 radical (unpaired) electrons. The van der Waals surface area contributed by atoms with Crippen LogP contribution in [0.2, 0.25) is 5.15 Å². The lowest BCUT2D eigenvalue weighted by Gasteiger charge is -2.26. The van der Waals surface area contributed by atoms with Crippen LogP contribution in [0, 0.1) is 0 Å². The SMILES string of the molecule is CC1CCCn2c(C3CCSCC3)nc(Cl)c21. The summed E-state index contributed by atoms with van der Waals surface area (Å²) in [6.07, 6.45) is 5.07. The van der Waals surface area contributed by atoms with Crippen LogP contribution in [0.4, 0.5) is 0 Å². The third kappa shape index (κ3) is 2.12. The second-order valence-electron chi connectivity index (χ2n) is 5.23. The standard InChI is InChI=1S/C13H19ClN2S/c1-9-3-2-6-16-11(9)12(14)15-13(16)10-4-7-17-8-5-10/h9-10H,2-8H2,1H3. The van der Waals surface area contributed by atoms with Gasteiger partial charge in [-0.3, -0.25) is 0 Å². The van der Waals surface area contributed by atoms with Gasteiger partial charge in [-0.1, -0.05) is 18.5 Å². The lowest BCUT2D eigenvalue weighted by atomic mass is 9.97. The van der Waals surface area contributed by atoms with E-state index < -0.39 is 0 Å². The van der Waals surface area contributed by atoms with Gasteiger partial charge in [-0.25, -0.2) is 4.98 Å². The number of fused-ring (bicyclic) bond motifs is 1. The molecule has 94 valence electrons. The molecule has 0 spiro atoms. The average Bonchev–Trinajstić information content (AvgIpc) is 2.69. The Hall–Kier alpha value is -0.150. The summed E-state index contributed by atoms with van der Waals surface area (Å²) in [5.41, 5.74) is 1.30. The maximum absolute atomic E-state index is 6.34. The fraction of sp³-hybridized carbons (Fsp3) is 0.769. The molecule has 4 heteroatoms. The Labute approximate surface area is 112 Å². The average molecular weight is 271 g/mol. The van der Waals surface area contributed by atoms with E-state index in [-0.39, 0.29) is 0 Å². The second kappa shape index (κ2) is 4.85. The van der Waals surface area contributed by atoms with Crippen molar-refractivity contribution in [2.45, 2.75) is 51.0 Å². The monoisotopic (exact) mass is 270 g/mol. The van der Waals surface area contributed by atoms with Gasteiger partial charge in [0.05, 0.1) is 5.69 Å². The van der Waals surface area contributed by atoms with Gasteiger partial charge in [-0.2, -0.15) is 11.8 Å². The zero-order valence-corrected chi connectivity index (χ0v) is 11.9. The number of aromatic nitrogens is 2. The Kier molecular flexibility index (Phi) is 3.40. The minimum atomic E-state index is 0.579. The van der Waals surface area contributed by atoms with Crippen molar-refractivity contribution in [1.82, 2.24) is 9.55 Å². The number of imidazole rings is 1. The largest absolute Gasteiger partial charge is 0.330 e. The van der Waals surface area contributed by atoms with Gasteiger partial charge in [0.25, 0.3) is 0 Å².